The normalized spacial score (nSPS) is 15.4. The molecule has 0 saturated heterocycles. The summed E-state index contributed by atoms with van der Waals surface area (Å²) in [5.74, 6) is 0.394. The third-order valence-corrected chi connectivity index (χ3v) is 2.23. The fraction of sp³-hybridized carbons (Fsp3) is 0.889. The van der Waals surface area contributed by atoms with E-state index in [-0.39, 0.29) is 11.8 Å². The van der Waals surface area contributed by atoms with Crippen molar-refractivity contribution in [2.75, 3.05) is 13.6 Å². The van der Waals surface area contributed by atoms with Gasteiger partial charge in [-0.3, -0.25) is 4.79 Å². The average molecular weight is 236 g/mol. The lowest BCUT2D eigenvalue weighted by molar-refractivity contribution is -0.133. The summed E-state index contributed by atoms with van der Waals surface area (Å²) in [5, 5.41) is 0. The lowest BCUT2D eigenvalue weighted by Crippen LogP contribution is -2.34. The number of hydrogen-bond donors (Lipinski definition) is 0. The van der Waals surface area contributed by atoms with Crippen molar-refractivity contribution in [1.29, 1.82) is 0 Å². The monoisotopic (exact) mass is 235 g/mol. The summed E-state index contributed by atoms with van der Waals surface area (Å²) in [7, 11) is 1.85. The molecule has 2 atom stereocenters. The lowest BCUT2D eigenvalue weighted by atomic mass is 10.1. The van der Waals surface area contributed by atoms with E-state index >= 15 is 0 Å². The smallest absolute Gasteiger partial charge is 0.225 e. The first-order valence-electron chi connectivity index (χ1n) is 4.38. The maximum absolute atomic E-state index is 11.5. The van der Waals surface area contributed by atoms with Crippen LogP contribution in [-0.4, -0.2) is 29.2 Å². The van der Waals surface area contributed by atoms with Crippen LogP contribution in [0, 0.1) is 5.92 Å². The van der Waals surface area contributed by atoms with Gasteiger partial charge in [-0.2, -0.15) is 0 Å². The van der Waals surface area contributed by atoms with E-state index in [9.17, 15) is 4.79 Å². The predicted octanol–water partition coefficient (Wildman–Crippen LogP) is 2.27. The molecule has 0 aliphatic rings. The van der Waals surface area contributed by atoms with Gasteiger partial charge >= 0.3 is 0 Å². The van der Waals surface area contributed by atoms with Crippen molar-refractivity contribution in [3.63, 3.8) is 0 Å². The maximum Gasteiger partial charge on any atom is 0.225 e. The minimum Gasteiger partial charge on any atom is -0.344 e. The summed E-state index contributed by atoms with van der Waals surface area (Å²) in [6.45, 7) is 6.83. The SMILES string of the molecule is CCC(C)C(=O)N(C)CC(C)Br. The second-order valence-corrected chi connectivity index (χ2v) is 4.87. The lowest BCUT2D eigenvalue weighted by Gasteiger charge is -2.21. The first kappa shape index (κ1) is 11.9. The second kappa shape index (κ2) is 5.57. The number of hydrogen-bond acceptors (Lipinski definition) is 1. The van der Waals surface area contributed by atoms with Crippen LogP contribution in [0.1, 0.15) is 27.2 Å². The number of carbonyl (C=O) groups excluding carboxylic acids is 1. The highest BCUT2D eigenvalue weighted by molar-refractivity contribution is 9.09. The van der Waals surface area contributed by atoms with Crippen molar-refractivity contribution >= 4 is 21.8 Å². The number of carbonyl (C=O) groups is 1. The molecule has 0 bridgehead atoms. The van der Waals surface area contributed by atoms with Crippen molar-refractivity contribution in [3.8, 4) is 0 Å². The van der Waals surface area contributed by atoms with Crippen LogP contribution >= 0.6 is 15.9 Å². The summed E-state index contributed by atoms with van der Waals surface area (Å²) in [5.41, 5.74) is 0. The number of nitrogens with zero attached hydrogens (tertiary/aromatic N) is 1. The molecule has 0 fully saturated rings. The van der Waals surface area contributed by atoms with Crippen molar-refractivity contribution in [1.82, 2.24) is 4.90 Å². The van der Waals surface area contributed by atoms with E-state index in [4.69, 9.17) is 0 Å². The highest BCUT2D eigenvalue weighted by Gasteiger charge is 2.16. The summed E-state index contributed by atoms with van der Waals surface area (Å²) in [6.07, 6.45) is 0.917. The van der Waals surface area contributed by atoms with Crippen LogP contribution < -0.4 is 0 Å². The standard InChI is InChI=1S/C9H18BrNO/c1-5-7(2)9(12)11(4)6-8(3)10/h7-8H,5-6H2,1-4H3. The highest BCUT2D eigenvalue weighted by Crippen LogP contribution is 2.07. The van der Waals surface area contributed by atoms with Crippen LogP contribution in [0.25, 0.3) is 0 Å². The van der Waals surface area contributed by atoms with Gasteiger partial charge in [0.25, 0.3) is 0 Å². The molecule has 1 amide bonds. The van der Waals surface area contributed by atoms with Crippen molar-refractivity contribution in [2.45, 2.75) is 32.0 Å². The van der Waals surface area contributed by atoms with E-state index in [1.54, 1.807) is 4.90 Å². The molecule has 0 heterocycles. The minimum atomic E-state index is 0.154. The van der Waals surface area contributed by atoms with E-state index in [2.05, 4.69) is 15.9 Å². The van der Waals surface area contributed by atoms with E-state index in [1.807, 2.05) is 27.8 Å². The molecule has 0 radical (unpaired) electrons. The van der Waals surface area contributed by atoms with Gasteiger partial charge in [-0.25, -0.2) is 0 Å². The Labute approximate surface area is 83.4 Å². The molecule has 0 aromatic heterocycles. The fourth-order valence-electron chi connectivity index (χ4n) is 1.02. The average Bonchev–Trinajstić information content (AvgIpc) is 2.00. The summed E-state index contributed by atoms with van der Waals surface area (Å²) in [6, 6.07) is 0. The third kappa shape index (κ3) is 4.10. The Bertz CT molecular complexity index is 147. The Morgan fingerprint density at radius 1 is 1.50 bits per heavy atom. The van der Waals surface area contributed by atoms with E-state index in [0.717, 1.165) is 13.0 Å². The molecule has 0 aromatic rings. The number of alkyl halides is 1. The van der Waals surface area contributed by atoms with E-state index < -0.39 is 0 Å². The van der Waals surface area contributed by atoms with Crippen LogP contribution in [0.15, 0.2) is 0 Å². The van der Waals surface area contributed by atoms with Gasteiger partial charge in [-0.05, 0) is 6.42 Å². The molecular formula is C9H18BrNO. The van der Waals surface area contributed by atoms with Crippen LogP contribution in [0.4, 0.5) is 0 Å². The van der Waals surface area contributed by atoms with E-state index in [1.165, 1.54) is 0 Å². The Kier molecular flexibility index (Phi) is 5.55. The number of rotatable bonds is 4. The molecule has 3 heteroatoms. The molecule has 0 aliphatic heterocycles. The van der Waals surface area contributed by atoms with Gasteiger partial charge in [-0.1, -0.05) is 36.7 Å². The first-order chi connectivity index (χ1) is 5.49. The molecule has 0 aliphatic carbocycles. The zero-order valence-electron chi connectivity index (χ0n) is 8.30. The van der Waals surface area contributed by atoms with Crippen molar-refractivity contribution in [2.24, 2.45) is 5.92 Å². The van der Waals surface area contributed by atoms with Crippen molar-refractivity contribution in [3.05, 3.63) is 0 Å². The zero-order chi connectivity index (χ0) is 9.72. The second-order valence-electron chi connectivity index (χ2n) is 3.31. The molecule has 0 spiro atoms. The summed E-state index contributed by atoms with van der Waals surface area (Å²) >= 11 is 3.42. The molecule has 2 unspecified atom stereocenters. The van der Waals surface area contributed by atoms with Gasteiger partial charge in [0.2, 0.25) is 5.91 Å². The van der Waals surface area contributed by atoms with Crippen LogP contribution in [0.5, 0.6) is 0 Å². The molecule has 0 saturated carbocycles. The zero-order valence-corrected chi connectivity index (χ0v) is 9.89. The summed E-state index contributed by atoms with van der Waals surface area (Å²) < 4.78 is 0. The van der Waals surface area contributed by atoms with Crippen molar-refractivity contribution < 1.29 is 4.79 Å². The quantitative estimate of drug-likeness (QED) is 0.686. The molecule has 2 nitrogen and oxygen atoms in total. The highest BCUT2D eigenvalue weighted by atomic mass is 79.9. The molecule has 0 aromatic carbocycles. The maximum atomic E-state index is 11.5. The molecule has 12 heavy (non-hydrogen) atoms. The van der Waals surface area contributed by atoms with Gasteiger partial charge in [0.15, 0.2) is 0 Å². The van der Waals surface area contributed by atoms with Gasteiger partial charge < -0.3 is 4.90 Å². The third-order valence-electron chi connectivity index (χ3n) is 1.94. The van der Waals surface area contributed by atoms with Gasteiger partial charge in [0, 0.05) is 24.3 Å². The fourth-order valence-corrected chi connectivity index (χ4v) is 1.45. The molecular weight excluding hydrogens is 218 g/mol. The van der Waals surface area contributed by atoms with Crippen LogP contribution in [0.3, 0.4) is 0 Å². The van der Waals surface area contributed by atoms with E-state index in [0.29, 0.717) is 4.83 Å². The topological polar surface area (TPSA) is 20.3 Å². The first-order valence-corrected chi connectivity index (χ1v) is 5.29. The Morgan fingerprint density at radius 3 is 2.33 bits per heavy atom. The summed E-state index contributed by atoms with van der Waals surface area (Å²) in [4.78, 5) is 13.7. The molecule has 0 N–H and O–H groups in total. The molecule has 72 valence electrons. The Hall–Kier alpha value is -0.0500. The number of amides is 1. The largest absolute Gasteiger partial charge is 0.344 e. The van der Waals surface area contributed by atoms with Crippen LogP contribution in [0.2, 0.25) is 0 Å². The van der Waals surface area contributed by atoms with Crippen LogP contribution in [-0.2, 0) is 4.79 Å². The van der Waals surface area contributed by atoms with Gasteiger partial charge in [0.1, 0.15) is 0 Å². The van der Waals surface area contributed by atoms with Gasteiger partial charge in [-0.15, -0.1) is 0 Å². The Morgan fingerprint density at radius 2 is 2.00 bits per heavy atom. The molecule has 0 rings (SSSR count). The predicted molar refractivity (Wildman–Crippen MR) is 55.5 cm³/mol. The number of halogens is 1. The van der Waals surface area contributed by atoms with Gasteiger partial charge in [0.05, 0.1) is 0 Å². The Balaban J connectivity index is 3.92. The minimum absolute atomic E-state index is 0.154.